The van der Waals surface area contributed by atoms with Crippen LogP contribution in [0.4, 0.5) is 5.13 Å². The second-order valence-electron chi connectivity index (χ2n) is 5.92. The SMILES string of the molecule is CN(C)S(=O)(=O)c1cccc(C(=O)Nc2nnc(SCc3ccccc3)s2)c1. The molecule has 1 amide bonds. The van der Waals surface area contributed by atoms with Gasteiger partial charge in [0.1, 0.15) is 0 Å². The Hall–Kier alpha value is -2.27. The van der Waals surface area contributed by atoms with Gasteiger partial charge in [-0.3, -0.25) is 10.1 Å². The topological polar surface area (TPSA) is 92.3 Å². The van der Waals surface area contributed by atoms with Crippen LogP contribution in [0.1, 0.15) is 15.9 Å². The molecule has 146 valence electrons. The van der Waals surface area contributed by atoms with Crippen molar-refractivity contribution in [3.05, 3.63) is 65.7 Å². The third kappa shape index (κ3) is 4.96. The number of anilines is 1. The van der Waals surface area contributed by atoms with Gasteiger partial charge in [-0.2, -0.15) is 0 Å². The predicted molar refractivity (Wildman–Crippen MR) is 111 cm³/mol. The Morgan fingerprint density at radius 2 is 1.86 bits per heavy atom. The third-order valence-electron chi connectivity index (χ3n) is 3.71. The van der Waals surface area contributed by atoms with Crippen molar-refractivity contribution in [2.45, 2.75) is 15.0 Å². The van der Waals surface area contributed by atoms with E-state index in [9.17, 15) is 13.2 Å². The average Bonchev–Trinajstić information content (AvgIpc) is 3.14. The lowest BCUT2D eigenvalue weighted by molar-refractivity contribution is 0.102. The molecule has 0 fully saturated rings. The summed E-state index contributed by atoms with van der Waals surface area (Å²) in [4.78, 5) is 12.5. The van der Waals surface area contributed by atoms with Gasteiger partial charge in [-0.1, -0.05) is 59.5 Å². The number of rotatable bonds is 7. The van der Waals surface area contributed by atoms with E-state index in [1.54, 1.807) is 6.07 Å². The Labute approximate surface area is 171 Å². The summed E-state index contributed by atoms with van der Waals surface area (Å²) in [6.07, 6.45) is 0. The molecule has 0 saturated heterocycles. The van der Waals surface area contributed by atoms with E-state index in [0.29, 0.717) is 5.13 Å². The number of hydrogen-bond acceptors (Lipinski definition) is 7. The molecular weight excluding hydrogens is 416 g/mol. The van der Waals surface area contributed by atoms with Gasteiger partial charge in [-0.25, -0.2) is 12.7 Å². The number of carbonyl (C=O) groups excluding carboxylic acids is 1. The lowest BCUT2D eigenvalue weighted by atomic mass is 10.2. The quantitative estimate of drug-likeness (QED) is 0.453. The smallest absolute Gasteiger partial charge is 0.257 e. The molecule has 0 bridgehead atoms. The predicted octanol–water partition coefficient (Wildman–Crippen LogP) is 3.33. The van der Waals surface area contributed by atoms with Crippen molar-refractivity contribution < 1.29 is 13.2 Å². The maximum Gasteiger partial charge on any atom is 0.257 e. The normalized spacial score (nSPS) is 11.5. The van der Waals surface area contributed by atoms with E-state index in [4.69, 9.17) is 0 Å². The molecule has 0 aliphatic heterocycles. The van der Waals surface area contributed by atoms with E-state index in [-0.39, 0.29) is 10.5 Å². The maximum atomic E-state index is 12.5. The molecule has 0 aliphatic carbocycles. The molecule has 3 rings (SSSR count). The standard InChI is InChI=1S/C18H18N4O3S3/c1-22(2)28(24,25)15-10-6-9-14(11-15)16(23)19-17-20-21-18(27-17)26-12-13-7-4-3-5-8-13/h3-11H,12H2,1-2H3,(H,19,20,23). The molecule has 28 heavy (non-hydrogen) atoms. The Morgan fingerprint density at radius 1 is 1.11 bits per heavy atom. The number of nitrogens with one attached hydrogen (secondary N) is 1. The van der Waals surface area contributed by atoms with Crippen molar-refractivity contribution in [1.82, 2.24) is 14.5 Å². The molecule has 10 heteroatoms. The molecule has 0 saturated carbocycles. The van der Waals surface area contributed by atoms with E-state index in [2.05, 4.69) is 15.5 Å². The first-order valence-electron chi connectivity index (χ1n) is 8.20. The summed E-state index contributed by atoms with van der Waals surface area (Å²) < 4.78 is 26.3. The highest BCUT2D eigenvalue weighted by Crippen LogP contribution is 2.28. The first-order chi connectivity index (χ1) is 13.4. The van der Waals surface area contributed by atoms with Crippen LogP contribution in [0.5, 0.6) is 0 Å². The summed E-state index contributed by atoms with van der Waals surface area (Å²) in [6.45, 7) is 0. The van der Waals surface area contributed by atoms with E-state index in [0.717, 1.165) is 14.4 Å². The van der Waals surface area contributed by atoms with Gasteiger partial charge in [0.2, 0.25) is 15.2 Å². The highest BCUT2D eigenvalue weighted by Gasteiger charge is 2.19. The van der Waals surface area contributed by atoms with Crippen LogP contribution in [0.25, 0.3) is 0 Å². The summed E-state index contributed by atoms with van der Waals surface area (Å²) in [7, 11) is -0.726. The molecular formula is C18H18N4O3S3. The molecule has 2 aromatic carbocycles. The minimum atomic E-state index is -3.61. The highest BCUT2D eigenvalue weighted by molar-refractivity contribution is 8.00. The molecule has 1 N–H and O–H groups in total. The molecule has 0 unspecified atom stereocenters. The zero-order chi connectivity index (χ0) is 20.1. The number of sulfonamides is 1. The minimum Gasteiger partial charge on any atom is -0.296 e. The molecule has 0 atom stereocenters. The number of hydrogen-bond donors (Lipinski definition) is 1. The number of benzene rings is 2. The number of aromatic nitrogens is 2. The van der Waals surface area contributed by atoms with Crippen LogP contribution >= 0.6 is 23.1 Å². The van der Waals surface area contributed by atoms with Crippen molar-refractivity contribution in [3.8, 4) is 0 Å². The van der Waals surface area contributed by atoms with Crippen molar-refractivity contribution in [1.29, 1.82) is 0 Å². The van der Waals surface area contributed by atoms with Crippen LogP contribution in [-0.2, 0) is 15.8 Å². The molecule has 0 aliphatic rings. The summed E-state index contributed by atoms with van der Waals surface area (Å²) in [5.74, 6) is 0.319. The maximum absolute atomic E-state index is 12.5. The summed E-state index contributed by atoms with van der Waals surface area (Å²) in [6, 6.07) is 15.9. The Kier molecular flexibility index (Phi) is 6.45. The van der Waals surface area contributed by atoms with Crippen molar-refractivity contribution in [3.63, 3.8) is 0 Å². The van der Waals surface area contributed by atoms with Crippen molar-refractivity contribution in [2.75, 3.05) is 19.4 Å². The molecule has 1 heterocycles. The number of carbonyl (C=O) groups is 1. The van der Waals surface area contributed by atoms with Gasteiger partial charge in [0.25, 0.3) is 5.91 Å². The van der Waals surface area contributed by atoms with Crippen molar-refractivity contribution in [2.24, 2.45) is 0 Å². The molecule has 3 aromatic rings. The summed E-state index contributed by atoms with van der Waals surface area (Å²) in [5, 5.41) is 11.1. The second-order valence-corrected chi connectivity index (χ2v) is 10.3. The van der Waals surface area contributed by atoms with Gasteiger partial charge in [-0.05, 0) is 23.8 Å². The summed E-state index contributed by atoms with van der Waals surface area (Å²) in [5.41, 5.74) is 1.41. The molecule has 0 spiro atoms. The molecule has 7 nitrogen and oxygen atoms in total. The monoisotopic (exact) mass is 434 g/mol. The van der Waals surface area contributed by atoms with Gasteiger partial charge in [0.05, 0.1) is 4.90 Å². The van der Waals surface area contributed by atoms with Crippen molar-refractivity contribution >= 4 is 44.2 Å². The zero-order valence-corrected chi connectivity index (χ0v) is 17.6. The van der Waals surface area contributed by atoms with Gasteiger partial charge >= 0.3 is 0 Å². The highest BCUT2D eigenvalue weighted by atomic mass is 32.2. The Bertz CT molecular complexity index is 1070. The second kappa shape index (κ2) is 8.82. The van der Waals surface area contributed by atoms with E-state index in [1.165, 1.54) is 61.0 Å². The molecule has 1 aromatic heterocycles. The lowest BCUT2D eigenvalue weighted by Gasteiger charge is -2.12. The van der Waals surface area contributed by atoms with E-state index in [1.807, 2.05) is 30.3 Å². The molecule has 0 radical (unpaired) electrons. The lowest BCUT2D eigenvalue weighted by Crippen LogP contribution is -2.22. The van der Waals surface area contributed by atoms with E-state index >= 15 is 0 Å². The number of thioether (sulfide) groups is 1. The third-order valence-corrected chi connectivity index (χ3v) is 7.56. The zero-order valence-electron chi connectivity index (χ0n) is 15.2. The van der Waals surface area contributed by atoms with Crippen LogP contribution in [0.2, 0.25) is 0 Å². The van der Waals surface area contributed by atoms with Gasteiger partial charge in [-0.15, -0.1) is 10.2 Å². The Balaban J connectivity index is 1.66. The van der Waals surface area contributed by atoms with Gasteiger partial charge in [0.15, 0.2) is 4.34 Å². The minimum absolute atomic E-state index is 0.0570. The fraction of sp³-hybridized carbons (Fsp3) is 0.167. The van der Waals surface area contributed by atoms with Gasteiger partial charge < -0.3 is 0 Å². The Morgan fingerprint density at radius 3 is 2.57 bits per heavy atom. The van der Waals surface area contributed by atoms with Crippen LogP contribution in [-0.4, -0.2) is 42.9 Å². The summed E-state index contributed by atoms with van der Waals surface area (Å²) >= 11 is 2.81. The van der Waals surface area contributed by atoms with Crippen LogP contribution < -0.4 is 5.32 Å². The van der Waals surface area contributed by atoms with Gasteiger partial charge in [0, 0.05) is 25.4 Å². The fourth-order valence-corrected chi connectivity index (χ4v) is 4.87. The number of nitrogens with zero attached hydrogens (tertiary/aromatic N) is 3. The average molecular weight is 435 g/mol. The first kappa shape index (κ1) is 20.5. The first-order valence-corrected chi connectivity index (χ1v) is 11.4. The van der Waals surface area contributed by atoms with E-state index < -0.39 is 15.9 Å². The van der Waals surface area contributed by atoms with Crippen LogP contribution in [0.3, 0.4) is 0 Å². The largest absolute Gasteiger partial charge is 0.296 e. The van der Waals surface area contributed by atoms with Crippen LogP contribution in [0.15, 0.2) is 63.8 Å². The number of amides is 1. The fourth-order valence-electron chi connectivity index (χ4n) is 2.22. The van der Waals surface area contributed by atoms with Crippen LogP contribution in [0, 0.1) is 0 Å².